The van der Waals surface area contributed by atoms with Gasteiger partial charge in [0.15, 0.2) is 0 Å². The number of carbonyl (C=O) groups excluding carboxylic acids is 1. The predicted octanol–water partition coefficient (Wildman–Crippen LogP) is 4.73. The van der Waals surface area contributed by atoms with E-state index in [0.717, 1.165) is 5.56 Å². The van der Waals surface area contributed by atoms with Gasteiger partial charge in [-0.3, -0.25) is 9.10 Å². The fourth-order valence-electron chi connectivity index (χ4n) is 2.71. The smallest absolute Gasteiger partial charge is 0.264 e. The van der Waals surface area contributed by atoms with Gasteiger partial charge in [-0.15, -0.1) is 0 Å². The van der Waals surface area contributed by atoms with E-state index in [2.05, 4.69) is 5.32 Å². The van der Waals surface area contributed by atoms with Crippen LogP contribution in [0.3, 0.4) is 0 Å². The van der Waals surface area contributed by atoms with Crippen LogP contribution in [0.5, 0.6) is 0 Å². The van der Waals surface area contributed by atoms with Crippen molar-refractivity contribution < 1.29 is 13.2 Å². The molecule has 0 unspecified atom stereocenters. The van der Waals surface area contributed by atoms with Gasteiger partial charge in [0, 0.05) is 23.3 Å². The highest BCUT2D eigenvalue weighted by molar-refractivity contribution is 7.92. The van der Waals surface area contributed by atoms with Crippen molar-refractivity contribution in [1.82, 2.24) is 0 Å². The molecule has 1 N–H and O–H groups in total. The highest BCUT2D eigenvalue weighted by Crippen LogP contribution is 2.27. The van der Waals surface area contributed by atoms with Crippen molar-refractivity contribution in [1.29, 1.82) is 0 Å². The van der Waals surface area contributed by atoms with E-state index in [1.54, 1.807) is 67.6 Å². The number of nitrogens with one attached hydrogen (secondary N) is 1. The lowest BCUT2D eigenvalue weighted by Crippen LogP contribution is -2.27. The summed E-state index contributed by atoms with van der Waals surface area (Å²) in [6.07, 6.45) is 0. The third-order valence-electron chi connectivity index (χ3n) is 4.31. The van der Waals surface area contributed by atoms with Crippen LogP contribution in [-0.4, -0.2) is 21.4 Å². The molecule has 1 amide bonds. The topological polar surface area (TPSA) is 66.5 Å². The van der Waals surface area contributed by atoms with E-state index < -0.39 is 10.0 Å². The Morgan fingerprint density at radius 1 is 0.964 bits per heavy atom. The van der Waals surface area contributed by atoms with Crippen molar-refractivity contribution in [3.05, 3.63) is 88.9 Å². The van der Waals surface area contributed by atoms with Crippen LogP contribution in [0, 0.1) is 6.92 Å². The zero-order valence-corrected chi connectivity index (χ0v) is 17.0. The molecule has 28 heavy (non-hydrogen) atoms. The molecule has 144 valence electrons. The minimum absolute atomic E-state index is 0.188. The van der Waals surface area contributed by atoms with Crippen molar-refractivity contribution >= 4 is 38.9 Å². The summed E-state index contributed by atoms with van der Waals surface area (Å²) < 4.78 is 27.0. The summed E-state index contributed by atoms with van der Waals surface area (Å²) in [5.41, 5.74) is 2.13. The van der Waals surface area contributed by atoms with E-state index in [4.69, 9.17) is 11.6 Å². The number of sulfonamides is 1. The SMILES string of the molecule is Cc1ccc(C(=O)Nc2ccc(Cl)cc2)cc1N(C)S(=O)(=O)c1ccccc1. The zero-order chi connectivity index (χ0) is 20.3. The number of aryl methyl sites for hydroxylation is 1. The first-order valence-electron chi connectivity index (χ1n) is 8.50. The van der Waals surface area contributed by atoms with Crippen LogP contribution in [0.2, 0.25) is 5.02 Å². The Morgan fingerprint density at radius 2 is 1.61 bits per heavy atom. The van der Waals surface area contributed by atoms with E-state index >= 15 is 0 Å². The first kappa shape index (κ1) is 19.9. The number of anilines is 2. The predicted molar refractivity (Wildman–Crippen MR) is 113 cm³/mol. The quantitative estimate of drug-likeness (QED) is 0.656. The molecule has 0 bridgehead atoms. The molecule has 5 nitrogen and oxygen atoms in total. The molecule has 0 radical (unpaired) electrons. The first-order valence-corrected chi connectivity index (χ1v) is 10.3. The average Bonchev–Trinajstić information content (AvgIpc) is 2.70. The van der Waals surface area contributed by atoms with Gasteiger partial charge in [0.25, 0.3) is 15.9 Å². The Kier molecular flexibility index (Phi) is 5.72. The van der Waals surface area contributed by atoms with Crippen molar-refractivity contribution in [3.8, 4) is 0 Å². The van der Waals surface area contributed by atoms with Gasteiger partial charge in [-0.05, 0) is 61.0 Å². The number of amides is 1. The standard InChI is InChI=1S/C21H19ClN2O3S/c1-15-8-9-16(21(25)23-18-12-10-17(22)11-13-18)14-20(15)24(2)28(26,27)19-6-4-3-5-7-19/h3-14H,1-2H3,(H,23,25). The molecular formula is C21H19ClN2O3S. The molecular weight excluding hydrogens is 396 g/mol. The van der Waals surface area contributed by atoms with Gasteiger partial charge in [0.1, 0.15) is 0 Å². The minimum atomic E-state index is -3.73. The summed E-state index contributed by atoms with van der Waals surface area (Å²) in [4.78, 5) is 12.8. The molecule has 0 fully saturated rings. The van der Waals surface area contributed by atoms with Crippen LogP contribution < -0.4 is 9.62 Å². The highest BCUT2D eigenvalue weighted by atomic mass is 35.5. The molecule has 0 aliphatic rings. The average molecular weight is 415 g/mol. The molecule has 0 heterocycles. The maximum atomic E-state index is 12.9. The lowest BCUT2D eigenvalue weighted by molar-refractivity contribution is 0.102. The van der Waals surface area contributed by atoms with Gasteiger partial charge < -0.3 is 5.32 Å². The molecule has 0 aromatic heterocycles. The Morgan fingerprint density at radius 3 is 2.25 bits per heavy atom. The zero-order valence-electron chi connectivity index (χ0n) is 15.4. The molecule has 3 aromatic rings. The molecule has 0 aliphatic heterocycles. The number of carbonyl (C=O) groups is 1. The summed E-state index contributed by atoms with van der Waals surface area (Å²) in [5.74, 6) is -0.339. The van der Waals surface area contributed by atoms with E-state index in [1.807, 2.05) is 0 Å². The minimum Gasteiger partial charge on any atom is -0.322 e. The maximum Gasteiger partial charge on any atom is 0.264 e. The van der Waals surface area contributed by atoms with Crippen LogP contribution >= 0.6 is 11.6 Å². The Balaban J connectivity index is 1.90. The van der Waals surface area contributed by atoms with E-state index in [0.29, 0.717) is 22.0 Å². The van der Waals surface area contributed by atoms with Gasteiger partial charge >= 0.3 is 0 Å². The van der Waals surface area contributed by atoms with Gasteiger partial charge in [-0.25, -0.2) is 8.42 Å². The molecule has 0 saturated heterocycles. The van der Waals surface area contributed by atoms with Crippen molar-refractivity contribution in [2.45, 2.75) is 11.8 Å². The molecule has 3 rings (SSSR count). The summed E-state index contributed by atoms with van der Waals surface area (Å²) in [6, 6.07) is 19.9. The summed E-state index contributed by atoms with van der Waals surface area (Å²) >= 11 is 5.86. The van der Waals surface area contributed by atoms with Gasteiger partial charge in [0.2, 0.25) is 0 Å². The number of hydrogen-bond acceptors (Lipinski definition) is 3. The monoisotopic (exact) mass is 414 g/mol. The van der Waals surface area contributed by atoms with Crippen LogP contribution in [0.4, 0.5) is 11.4 Å². The van der Waals surface area contributed by atoms with Crippen molar-refractivity contribution in [3.63, 3.8) is 0 Å². The summed E-state index contributed by atoms with van der Waals surface area (Å²) in [7, 11) is -2.26. The van der Waals surface area contributed by atoms with Crippen LogP contribution in [-0.2, 0) is 10.0 Å². The van der Waals surface area contributed by atoms with Crippen LogP contribution in [0.15, 0.2) is 77.7 Å². The fraction of sp³-hybridized carbons (Fsp3) is 0.0952. The third kappa shape index (κ3) is 4.18. The second-order valence-corrected chi connectivity index (χ2v) is 8.65. The van der Waals surface area contributed by atoms with E-state index in [9.17, 15) is 13.2 Å². The normalized spacial score (nSPS) is 11.1. The Bertz CT molecular complexity index is 1100. The second-order valence-electron chi connectivity index (χ2n) is 6.25. The molecule has 0 saturated carbocycles. The molecule has 0 atom stereocenters. The summed E-state index contributed by atoms with van der Waals surface area (Å²) in [6.45, 7) is 1.80. The van der Waals surface area contributed by atoms with Crippen molar-refractivity contribution in [2.75, 3.05) is 16.7 Å². The van der Waals surface area contributed by atoms with Gasteiger partial charge in [-0.1, -0.05) is 35.9 Å². The second kappa shape index (κ2) is 8.04. The third-order valence-corrected chi connectivity index (χ3v) is 6.35. The number of rotatable bonds is 5. The Labute approximate surface area is 169 Å². The van der Waals surface area contributed by atoms with Gasteiger partial charge in [0.05, 0.1) is 10.6 Å². The van der Waals surface area contributed by atoms with Crippen molar-refractivity contribution in [2.24, 2.45) is 0 Å². The largest absolute Gasteiger partial charge is 0.322 e. The van der Waals surface area contributed by atoms with E-state index in [-0.39, 0.29) is 10.8 Å². The Hall–Kier alpha value is -2.83. The molecule has 3 aromatic carbocycles. The summed E-state index contributed by atoms with van der Waals surface area (Å²) in [5, 5.41) is 3.35. The van der Waals surface area contributed by atoms with Crippen LogP contribution in [0.25, 0.3) is 0 Å². The number of halogens is 1. The first-order chi connectivity index (χ1) is 13.3. The van der Waals surface area contributed by atoms with E-state index in [1.165, 1.54) is 23.5 Å². The molecule has 7 heteroatoms. The van der Waals surface area contributed by atoms with Crippen LogP contribution in [0.1, 0.15) is 15.9 Å². The number of nitrogens with zero attached hydrogens (tertiary/aromatic N) is 1. The number of hydrogen-bond donors (Lipinski definition) is 1. The lowest BCUT2D eigenvalue weighted by Gasteiger charge is -2.22. The van der Waals surface area contributed by atoms with Gasteiger partial charge in [-0.2, -0.15) is 0 Å². The molecule has 0 spiro atoms. The highest BCUT2D eigenvalue weighted by Gasteiger charge is 2.23. The fourth-order valence-corrected chi connectivity index (χ4v) is 4.11. The number of benzene rings is 3. The molecule has 0 aliphatic carbocycles. The maximum absolute atomic E-state index is 12.9. The lowest BCUT2D eigenvalue weighted by atomic mass is 10.1.